The van der Waals surface area contributed by atoms with E-state index in [1.807, 2.05) is 0 Å². The van der Waals surface area contributed by atoms with Crippen LogP contribution in [0.1, 0.15) is 55.2 Å². The topological polar surface area (TPSA) is 395 Å². The molecule has 2 aliphatic rings. The van der Waals surface area contributed by atoms with Crippen LogP contribution in [0.4, 0.5) is 0 Å². The zero-order chi connectivity index (χ0) is 47.8. The Kier molecular flexibility index (Phi) is 10.4. The monoisotopic (exact) mass is 914 g/mol. The van der Waals surface area contributed by atoms with Crippen molar-refractivity contribution in [2.24, 2.45) is 0 Å². The Morgan fingerprint density at radius 1 is 0.394 bits per heavy atom. The number of ether oxygens (including phenoxy) is 4. The fourth-order valence-electron chi connectivity index (χ4n) is 7.79. The molecule has 0 aliphatic carbocycles. The zero-order valence-corrected chi connectivity index (χ0v) is 33.1. The van der Waals surface area contributed by atoms with Crippen molar-refractivity contribution >= 4 is 11.9 Å². The molecule has 0 radical (unpaired) electrons. The van der Waals surface area contributed by atoms with E-state index >= 15 is 0 Å². The molecule has 0 amide bonds. The van der Waals surface area contributed by atoms with Crippen molar-refractivity contribution in [3.63, 3.8) is 0 Å². The van der Waals surface area contributed by atoms with Gasteiger partial charge in [-0.2, -0.15) is 0 Å². The maximum absolute atomic E-state index is 13.7. The number of carbonyl (C=O) groups excluding carboxylic acids is 2. The number of fused-ring (bicyclic) bond motifs is 2. The van der Waals surface area contributed by atoms with Crippen LogP contribution < -0.4 is 9.47 Å². The lowest BCUT2D eigenvalue weighted by molar-refractivity contribution is -0.0196. The first kappa shape index (κ1) is 43.3. The molecule has 4 atom stereocenters. The Bertz CT molecular complexity index is 2790. The smallest absolute Gasteiger partial charge is 0.338 e. The van der Waals surface area contributed by atoms with Gasteiger partial charge in [-0.25, -0.2) is 9.59 Å². The zero-order valence-electron chi connectivity index (χ0n) is 33.1. The number of aromatic hydroxyl groups is 16. The van der Waals surface area contributed by atoms with Crippen molar-refractivity contribution in [3.05, 3.63) is 94.0 Å². The van der Waals surface area contributed by atoms with Crippen LogP contribution in [0.25, 0.3) is 11.1 Å². The number of hydrogen-bond acceptors (Lipinski definition) is 22. The summed E-state index contributed by atoms with van der Waals surface area (Å²) in [6, 6.07) is 8.30. The van der Waals surface area contributed by atoms with Gasteiger partial charge in [0.2, 0.25) is 11.5 Å². The van der Waals surface area contributed by atoms with Gasteiger partial charge in [-0.1, -0.05) is 0 Å². The molecular formula is C44H34O22. The molecule has 0 saturated heterocycles. The lowest BCUT2D eigenvalue weighted by atomic mass is 9.83. The molecule has 342 valence electrons. The lowest BCUT2D eigenvalue weighted by Crippen LogP contribution is -2.36. The number of phenolic OH excluding ortho intramolecular Hbond substituents is 16. The minimum absolute atomic E-state index is 0.0847. The summed E-state index contributed by atoms with van der Waals surface area (Å²) in [7, 11) is 0. The van der Waals surface area contributed by atoms with Gasteiger partial charge in [-0.3, -0.25) is 0 Å². The predicted octanol–water partition coefficient (Wildman–Crippen LogP) is 4.45. The Labute approximate surface area is 367 Å². The summed E-state index contributed by atoms with van der Waals surface area (Å²) >= 11 is 0. The summed E-state index contributed by atoms with van der Waals surface area (Å²) in [6.07, 6.45) is -8.25. The summed E-state index contributed by atoms with van der Waals surface area (Å²) in [5, 5.41) is 170. The van der Waals surface area contributed by atoms with Crippen LogP contribution in [-0.4, -0.2) is 106 Å². The van der Waals surface area contributed by atoms with E-state index in [0.717, 1.165) is 60.7 Å². The van der Waals surface area contributed by atoms with E-state index in [0.29, 0.717) is 0 Å². The number of benzene rings is 6. The van der Waals surface area contributed by atoms with Crippen LogP contribution in [0.15, 0.2) is 60.7 Å². The Morgan fingerprint density at radius 2 is 0.712 bits per heavy atom. The van der Waals surface area contributed by atoms with Gasteiger partial charge in [-0.15, -0.1) is 0 Å². The van der Waals surface area contributed by atoms with Gasteiger partial charge in [-0.05, 0) is 36.4 Å². The number of rotatable bonds is 7. The molecule has 8 rings (SSSR count). The van der Waals surface area contributed by atoms with Gasteiger partial charge in [0.25, 0.3) is 0 Å². The molecule has 0 fully saturated rings. The molecule has 2 aliphatic heterocycles. The summed E-state index contributed by atoms with van der Waals surface area (Å²) in [6.45, 7) is 0. The molecule has 0 aromatic heterocycles. The van der Waals surface area contributed by atoms with Crippen molar-refractivity contribution in [1.29, 1.82) is 0 Å². The molecule has 0 bridgehead atoms. The number of carbonyl (C=O) groups is 2. The van der Waals surface area contributed by atoms with Crippen LogP contribution in [0.3, 0.4) is 0 Å². The predicted molar refractivity (Wildman–Crippen MR) is 217 cm³/mol. The molecule has 0 spiro atoms. The van der Waals surface area contributed by atoms with Crippen LogP contribution >= 0.6 is 0 Å². The minimum atomic E-state index is -1.87. The van der Waals surface area contributed by atoms with E-state index in [9.17, 15) is 91.3 Å². The first-order valence-corrected chi connectivity index (χ1v) is 19.0. The molecule has 6 aromatic carbocycles. The minimum Gasteiger partial charge on any atom is -0.508 e. The number of hydrogen-bond donors (Lipinski definition) is 16. The van der Waals surface area contributed by atoms with E-state index in [-0.39, 0.29) is 22.6 Å². The maximum Gasteiger partial charge on any atom is 0.338 e. The fourth-order valence-corrected chi connectivity index (χ4v) is 7.79. The average molecular weight is 915 g/mol. The largest absolute Gasteiger partial charge is 0.508 e. The Balaban J connectivity index is 1.34. The molecule has 6 aromatic rings. The summed E-state index contributed by atoms with van der Waals surface area (Å²) in [5.41, 5.74) is -3.93. The van der Waals surface area contributed by atoms with Crippen LogP contribution in [0.5, 0.6) is 103 Å². The normalized spacial score (nSPS) is 17.4. The molecule has 22 heteroatoms. The van der Waals surface area contributed by atoms with Gasteiger partial charge in [0.1, 0.15) is 46.7 Å². The first-order valence-electron chi connectivity index (χ1n) is 19.0. The van der Waals surface area contributed by atoms with E-state index < -0.39 is 175 Å². The molecule has 66 heavy (non-hydrogen) atoms. The molecule has 16 N–H and O–H groups in total. The van der Waals surface area contributed by atoms with Crippen molar-refractivity contribution in [2.75, 3.05) is 0 Å². The van der Waals surface area contributed by atoms with Crippen molar-refractivity contribution in [2.45, 2.75) is 37.3 Å². The molecule has 0 saturated carbocycles. The van der Waals surface area contributed by atoms with Crippen molar-refractivity contribution in [3.8, 4) is 115 Å². The highest BCUT2D eigenvalue weighted by Crippen LogP contribution is 2.58. The highest BCUT2D eigenvalue weighted by molar-refractivity contribution is 5.93. The van der Waals surface area contributed by atoms with Gasteiger partial charge in [0.15, 0.2) is 69.7 Å². The highest BCUT2D eigenvalue weighted by atomic mass is 16.6. The number of phenols is 16. The van der Waals surface area contributed by atoms with Crippen molar-refractivity contribution < 1.29 is 110 Å². The van der Waals surface area contributed by atoms with Gasteiger partial charge >= 0.3 is 11.9 Å². The van der Waals surface area contributed by atoms with Crippen LogP contribution in [-0.2, 0) is 22.3 Å². The third-order valence-electron chi connectivity index (χ3n) is 10.9. The lowest BCUT2D eigenvalue weighted by Gasteiger charge is -2.37. The first-order chi connectivity index (χ1) is 31.1. The van der Waals surface area contributed by atoms with E-state index in [4.69, 9.17) is 18.9 Å². The van der Waals surface area contributed by atoms with Gasteiger partial charge < -0.3 is 101 Å². The third-order valence-corrected chi connectivity index (χ3v) is 10.9. The molecule has 22 nitrogen and oxygen atoms in total. The van der Waals surface area contributed by atoms with Crippen LogP contribution in [0, 0.1) is 0 Å². The summed E-state index contributed by atoms with van der Waals surface area (Å²) in [5.74, 6) is -18.5. The SMILES string of the molecule is O=C(O[C@H]1Cc2c(O)cc(O)cc2O[C@@H]1c1cc(O)c(O)c(O)c1-c1c([C@H]2Oc3cc(O)cc(O)c3C[C@@H]2OC(=O)c2cc(O)c(O)c(O)c2)cc(O)c(O)c1O)c1cc(O)c(O)c(O)c1. The van der Waals surface area contributed by atoms with Gasteiger partial charge in [0.05, 0.1) is 11.1 Å². The second-order valence-corrected chi connectivity index (χ2v) is 15.1. The highest BCUT2D eigenvalue weighted by Gasteiger charge is 2.44. The summed E-state index contributed by atoms with van der Waals surface area (Å²) < 4.78 is 23.8. The maximum atomic E-state index is 13.7. The standard InChI is InChI=1S/C44H34O22/c45-15-5-21(47)17-11-31(65-43(61)13-1-23(49)35(55)24(50)2-13)41(63-29(17)7-15)19-9-27(53)37(57)39(59)33(19)34-20(10-28(54)38(58)40(34)60)42-32(12-18-22(48)6-16(46)8-30(18)64-42)66-44(62)14-3-25(51)36(56)26(52)4-14/h1-10,31-32,41-42,45-60H,11-12H2/t31-,32-,41+,42+/m0/s1. The summed E-state index contributed by atoms with van der Waals surface area (Å²) in [4.78, 5) is 27.3. The van der Waals surface area contributed by atoms with E-state index in [2.05, 4.69) is 0 Å². The van der Waals surface area contributed by atoms with E-state index in [1.165, 1.54) is 0 Å². The quantitative estimate of drug-likeness (QED) is 0.0777. The van der Waals surface area contributed by atoms with E-state index in [1.54, 1.807) is 0 Å². The second kappa shape index (κ2) is 15.8. The molecule has 0 unspecified atom stereocenters. The second-order valence-electron chi connectivity index (χ2n) is 15.1. The van der Waals surface area contributed by atoms with Gasteiger partial charge in [0, 0.05) is 70.5 Å². The average Bonchev–Trinajstić information content (AvgIpc) is 3.25. The fraction of sp³-hybridized carbons (Fsp3) is 0.136. The third kappa shape index (κ3) is 7.32. The van der Waals surface area contributed by atoms with Crippen LogP contribution in [0.2, 0.25) is 0 Å². The Morgan fingerprint density at radius 3 is 1.05 bits per heavy atom. The molecular weight excluding hydrogens is 880 g/mol. The van der Waals surface area contributed by atoms with Crippen molar-refractivity contribution in [1.82, 2.24) is 0 Å². The Hall–Kier alpha value is -9.34. The number of esters is 2. The molecule has 2 heterocycles.